The molecule has 0 saturated carbocycles. The number of hydrogen-bond acceptors (Lipinski definition) is 5. The minimum Gasteiger partial charge on any atom is -0.384 e. The highest BCUT2D eigenvalue weighted by Gasteiger charge is 2.28. The van der Waals surface area contributed by atoms with Gasteiger partial charge in [0.25, 0.3) is 11.8 Å². The summed E-state index contributed by atoms with van der Waals surface area (Å²) < 4.78 is 0. The number of nitrogens with one attached hydrogen (secondary N) is 3. The number of carbonyl (C=O) groups is 3. The second kappa shape index (κ2) is 9.31. The molecule has 1 saturated heterocycles. The third-order valence-corrected chi connectivity index (χ3v) is 6.02. The second-order valence-electron chi connectivity index (χ2n) is 8.02. The molecule has 0 bridgehead atoms. The van der Waals surface area contributed by atoms with E-state index in [4.69, 9.17) is 0 Å². The predicted molar refractivity (Wildman–Crippen MR) is 121 cm³/mol. The molecule has 1 aliphatic heterocycles. The number of nitrogens with zero attached hydrogens (tertiary/aromatic N) is 1. The molecule has 7 nitrogen and oxygen atoms in total. The zero-order valence-electron chi connectivity index (χ0n) is 17.8. The van der Waals surface area contributed by atoms with Crippen molar-refractivity contribution in [1.82, 2.24) is 10.2 Å². The summed E-state index contributed by atoms with van der Waals surface area (Å²) in [6, 6.07) is 10.6. The average molecular weight is 421 g/mol. The molecule has 1 heterocycles. The zero-order valence-corrected chi connectivity index (χ0v) is 17.8. The summed E-state index contributed by atoms with van der Waals surface area (Å²) in [5, 5.41) is 8.85. The van der Waals surface area contributed by atoms with Crippen LogP contribution in [0.3, 0.4) is 0 Å². The molecule has 2 amide bonds. The van der Waals surface area contributed by atoms with Crippen molar-refractivity contribution in [3.63, 3.8) is 0 Å². The largest absolute Gasteiger partial charge is 0.384 e. The maximum absolute atomic E-state index is 12.8. The van der Waals surface area contributed by atoms with Gasteiger partial charge in [-0.2, -0.15) is 0 Å². The van der Waals surface area contributed by atoms with Gasteiger partial charge >= 0.3 is 0 Å². The van der Waals surface area contributed by atoms with Crippen molar-refractivity contribution in [3.8, 4) is 0 Å². The number of rotatable bonds is 7. The Kier molecular flexibility index (Phi) is 6.32. The summed E-state index contributed by atoms with van der Waals surface area (Å²) in [5.41, 5.74) is 3.60. The van der Waals surface area contributed by atoms with Crippen LogP contribution in [0, 0.1) is 0 Å². The van der Waals surface area contributed by atoms with E-state index in [9.17, 15) is 14.4 Å². The molecule has 0 aromatic heterocycles. The monoisotopic (exact) mass is 420 g/mol. The average Bonchev–Trinajstić information content (AvgIpc) is 3.44. The molecular formula is C24H28N4O3. The number of amides is 2. The lowest BCUT2D eigenvalue weighted by molar-refractivity contribution is 0.0960. The van der Waals surface area contributed by atoms with Gasteiger partial charge in [-0.25, -0.2) is 0 Å². The number of fused-ring (bicyclic) bond motifs is 1. The molecule has 0 radical (unpaired) electrons. The summed E-state index contributed by atoms with van der Waals surface area (Å²) in [6.07, 6.45) is 3.43. The van der Waals surface area contributed by atoms with Crippen LogP contribution in [-0.4, -0.2) is 55.7 Å². The van der Waals surface area contributed by atoms with E-state index in [1.54, 1.807) is 31.3 Å². The van der Waals surface area contributed by atoms with Crippen molar-refractivity contribution in [1.29, 1.82) is 0 Å². The van der Waals surface area contributed by atoms with E-state index >= 15 is 0 Å². The van der Waals surface area contributed by atoms with E-state index in [-0.39, 0.29) is 17.6 Å². The Labute approximate surface area is 182 Å². The SMILES string of the molecule is CNC(=O)c1ccc(NC(=O)c2ccc(NCCN3CCCC3)cc2)c2c1CCC2=O. The predicted octanol–water partition coefficient (Wildman–Crippen LogP) is 2.94. The molecule has 2 aromatic carbocycles. The topological polar surface area (TPSA) is 90.5 Å². The fraction of sp³-hybridized carbons (Fsp3) is 0.375. The molecule has 31 heavy (non-hydrogen) atoms. The zero-order chi connectivity index (χ0) is 21.8. The second-order valence-corrected chi connectivity index (χ2v) is 8.02. The van der Waals surface area contributed by atoms with Crippen molar-refractivity contribution in [3.05, 3.63) is 58.7 Å². The first-order valence-electron chi connectivity index (χ1n) is 10.9. The summed E-state index contributed by atoms with van der Waals surface area (Å²) in [6.45, 7) is 4.25. The van der Waals surface area contributed by atoms with Crippen LogP contribution in [0.5, 0.6) is 0 Å². The Hall–Kier alpha value is -3.19. The number of carbonyl (C=O) groups excluding carboxylic acids is 3. The summed E-state index contributed by atoms with van der Waals surface area (Å²) in [5.74, 6) is -0.552. The van der Waals surface area contributed by atoms with Gasteiger partial charge < -0.3 is 20.9 Å². The van der Waals surface area contributed by atoms with Gasteiger partial charge in [-0.3, -0.25) is 14.4 Å². The van der Waals surface area contributed by atoms with Gasteiger partial charge in [0, 0.05) is 48.9 Å². The molecular weight excluding hydrogens is 392 g/mol. The van der Waals surface area contributed by atoms with E-state index in [0.717, 1.165) is 18.8 Å². The van der Waals surface area contributed by atoms with E-state index in [2.05, 4.69) is 20.9 Å². The normalized spacial score (nSPS) is 15.6. The summed E-state index contributed by atoms with van der Waals surface area (Å²) in [4.78, 5) is 39.7. The van der Waals surface area contributed by atoms with Crippen molar-refractivity contribution in [2.75, 3.05) is 43.9 Å². The Morgan fingerprint density at radius 3 is 2.42 bits per heavy atom. The molecule has 1 aliphatic carbocycles. The number of anilines is 2. The van der Waals surface area contributed by atoms with Crippen molar-refractivity contribution < 1.29 is 14.4 Å². The molecule has 0 atom stereocenters. The van der Waals surface area contributed by atoms with Crippen molar-refractivity contribution in [2.45, 2.75) is 25.7 Å². The highest BCUT2D eigenvalue weighted by Crippen LogP contribution is 2.32. The Morgan fingerprint density at radius 2 is 1.71 bits per heavy atom. The fourth-order valence-electron chi connectivity index (χ4n) is 4.34. The first kappa shape index (κ1) is 21.1. The number of ketones is 1. The van der Waals surface area contributed by atoms with Gasteiger partial charge in [0.2, 0.25) is 0 Å². The third-order valence-electron chi connectivity index (χ3n) is 6.02. The molecule has 4 rings (SSSR count). The van der Waals surface area contributed by atoms with Crippen molar-refractivity contribution >= 4 is 29.0 Å². The summed E-state index contributed by atoms with van der Waals surface area (Å²) >= 11 is 0. The van der Waals surface area contributed by atoms with Crippen LogP contribution < -0.4 is 16.0 Å². The van der Waals surface area contributed by atoms with Gasteiger partial charge in [-0.05, 0) is 74.3 Å². The van der Waals surface area contributed by atoms with Crippen LogP contribution in [0.2, 0.25) is 0 Å². The Morgan fingerprint density at radius 1 is 0.968 bits per heavy atom. The molecule has 0 spiro atoms. The van der Waals surface area contributed by atoms with Gasteiger partial charge in [-0.1, -0.05) is 0 Å². The van der Waals surface area contributed by atoms with E-state index in [0.29, 0.717) is 40.8 Å². The Bertz CT molecular complexity index is 995. The van der Waals surface area contributed by atoms with Gasteiger partial charge in [-0.15, -0.1) is 0 Å². The minimum atomic E-state index is -0.279. The summed E-state index contributed by atoms with van der Waals surface area (Å²) in [7, 11) is 1.56. The van der Waals surface area contributed by atoms with Gasteiger partial charge in [0.15, 0.2) is 5.78 Å². The number of hydrogen-bond donors (Lipinski definition) is 3. The van der Waals surface area contributed by atoms with Gasteiger partial charge in [0.05, 0.1) is 5.69 Å². The van der Waals surface area contributed by atoms with Crippen LogP contribution in [0.1, 0.15) is 55.9 Å². The number of likely N-dealkylation sites (tertiary alicyclic amines) is 1. The van der Waals surface area contributed by atoms with E-state index in [1.807, 2.05) is 12.1 Å². The molecule has 162 valence electrons. The van der Waals surface area contributed by atoms with Crippen LogP contribution in [0.4, 0.5) is 11.4 Å². The number of Topliss-reactive ketones (excluding diaryl/α,β-unsaturated/α-hetero) is 1. The lowest BCUT2D eigenvalue weighted by Crippen LogP contribution is -2.25. The molecule has 0 unspecified atom stereocenters. The lowest BCUT2D eigenvalue weighted by Gasteiger charge is -2.15. The molecule has 3 N–H and O–H groups in total. The van der Waals surface area contributed by atoms with Crippen molar-refractivity contribution in [2.24, 2.45) is 0 Å². The quantitative estimate of drug-likeness (QED) is 0.641. The smallest absolute Gasteiger partial charge is 0.255 e. The first-order valence-corrected chi connectivity index (χ1v) is 10.9. The molecule has 2 aliphatic rings. The standard InChI is InChI=1S/C24H28N4O3/c1-25-24(31)19-8-10-20(22-18(19)9-11-21(22)29)27-23(30)16-4-6-17(7-5-16)26-12-15-28-13-2-3-14-28/h4-8,10,26H,2-3,9,11-15H2,1H3,(H,25,31)(H,27,30). The maximum Gasteiger partial charge on any atom is 0.255 e. The van der Waals surface area contributed by atoms with E-state index in [1.165, 1.54) is 25.9 Å². The van der Waals surface area contributed by atoms with Gasteiger partial charge in [0.1, 0.15) is 0 Å². The highest BCUT2D eigenvalue weighted by atomic mass is 16.2. The highest BCUT2D eigenvalue weighted by molar-refractivity contribution is 6.13. The first-order chi connectivity index (χ1) is 15.1. The minimum absolute atomic E-state index is 0.0476. The number of benzene rings is 2. The third kappa shape index (κ3) is 4.61. The van der Waals surface area contributed by atoms with Crippen LogP contribution in [-0.2, 0) is 6.42 Å². The fourth-order valence-corrected chi connectivity index (χ4v) is 4.34. The Balaban J connectivity index is 1.42. The molecule has 7 heteroatoms. The lowest BCUT2D eigenvalue weighted by atomic mass is 10.00. The van der Waals surface area contributed by atoms with Crippen LogP contribution in [0.15, 0.2) is 36.4 Å². The van der Waals surface area contributed by atoms with E-state index < -0.39 is 0 Å². The van der Waals surface area contributed by atoms with Crippen LogP contribution in [0.25, 0.3) is 0 Å². The molecule has 2 aromatic rings. The van der Waals surface area contributed by atoms with Crippen LogP contribution >= 0.6 is 0 Å². The molecule has 1 fully saturated rings. The maximum atomic E-state index is 12.8.